The highest BCUT2D eigenvalue weighted by Crippen LogP contribution is 2.42. The van der Waals surface area contributed by atoms with Crippen molar-refractivity contribution in [3.8, 4) is 0 Å². The maximum absolute atomic E-state index is 6.34. The Bertz CT molecular complexity index is 325. The molecule has 3 rings (SSSR count). The van der Waals surface area contributed by atoms with Crippen LogP contribution in [0, 0.1) is 0 Å². The van der Waals surface area contributed by atoms with Gasteiger partial charge in [0.1, 0.15) is 0 Å². The first kappa shape index (κ1) is 10.4. The lowest BCUT2D eigenvalue weighted by molar-refractivity contribution is -0.0679. The molecule has 2 nitrogen and oxygen atoms in total. The molecule has 0 amide bonds. The second kappa shape index (κ2) is 4.25. The Kier molecular flexibility index (Phi) is 2.76. The molecule has 1 unspecified atom stereocenters. The summed E-state index contributed by atoms with van der Waals surface area (Å²) in [6.07, 6.45) is 14.0. The van der Waals surface area contributed by atoms with Gasteiger partial charge in [0.15, 0.2) is 0 Å². The third-order valence-corrected chi connectivity index (χ3v) is 4.18. The van der Waals surface area contributed by atoms with Gasteiger partial charge in [0, 0.05) is 18.9 Å². The van der Waals surface area contributed by atoms with Gasteiger partial charge in [-0.3, -0.25) is 0 Å². The van der Waals surface area contributed by atoms with E-state index in [1.165, 1.54) is 44.9 Å². The summed E-state index contributed by atoms with van der Waals surface area (Å²) >= 11 is 0. The minimum absolute atomic E-state index is 0.274. The number of hydrogen-bond donors (Lipinski definition) is 0. The molecule has 1 aliphatic heterocycles. The van der Waals surface area contributed by atoms with Gasteiger partial charge in [0.25, 0.3) is 0 Å². The molecule has 1 aromatic rings. The number of rotatable bonds is 2. The second-order valence-corrected chi connectivity index (χ2v) is 5.40. The van der Waals surface area contributed by atoms with Crippen LogP contribution in [0.25, 0.3) is 0 Å². The van der Waals surface area contributed by atoms with Gasteiger partial charge in [-0.05, 0) is 37.8 Å². The first-order chi connectivity index (χ1) is 7.86. The fraction of sp³-hybridized carbons (Fsp3) is 0.714. The summed E-state index contributed by atoms with van der Waals surface area (Å²) in [6, 6.07) is 4.18. The number of ether oxygens (including phenoxy) is 1. The van der Waals surface area contributed by atoms with E-state index < -0.39 is 0 Å². The summed E-state index contributed by atoms with van der Waals surface area (Å²) < 4.78 is 8.58. The highest BCUT2D eigenvalue weighted by atomic mass is 16.5. The van der Waals surface area contributed by atoms with Crippen LogP contribution >= 0.6 is 0 Å². The highest BCUT2D eigenvalue weighted by Gasteiger charge is 2.40. The monoisotopic (exact) mass is 219 g/mol. The number of hydrogen-bond acceptors (Lipinski definition) is 1. The number of aromatic nitrogens is 1. The Hall–Kier alpha value is -0.760. The highest BCUT2D eigenvalue weighted by molar-refractivity contribution is 4.94. The van der Waals surface area contributed by atoms with E-state index in [2.05, 4.69) is 29.1 Å². The van der Waals surface area contributed by atoms with E-state index in [4.69, 9.17) is 4.74 Å². The predicted molar refractivity (Wildman–Crippen MR) is 64.4 cm³/mol. The third-order valence-electron chi connectivity index (χ3n) is 4.18. The molecule has 0 radical (unpaired) electrons. The first-order valence-electron chi connectivity index (χ1n) is 6.65. The molecule has 2 heterocycles. The largest absolute Gasteiger partial charge is 0.370 e. The average Bonchev–Trinajstić information content (AvgIpc) is 2.92. The topological polar surface area (TPSA) is 14.2 Å². The first-order valence-corrected chi connectivity index (χ1v) is 6.65. The Labute approximate surface area is 97.6 Å². The molecule has 1 atom stereocenters. The van der Waals surface area contributed by atoms with Gasteiger partial charge in [0.05, 0.1) is 11.7 Å². The molecule has 1 aliphatic carbocycles. The van der Waals surface area contributed by atoms with Gasteiger partial charge >= 0.3 is 0 Å². The molecular weight excluding hydrogens is 198 g/mol. The van der Waals surface area contributed by atoms with E-state index in [1.807, 2.05) is 0 Å². The summed E-state index contributed by atoms with van der Waals surface area (Å²) in [6.45, 7) is 1.04. The molecular formula is C14H21NO. The molecule has 1 saturated heterocycles. The van der Waals surface area contributed by atoms with Gasteiger partial charge in [-0.2, -0.15) is 0 Å². The van der Waals surface area contributed by atoms with Crippen LogP contribution in [-0.2, 0) is 11.3 Å². The normalized spacial score (nSPS) is 28.6. The Balaban J connectivity index is 1.60. The summed E-state index contributed by atoms with van der Waals surface area (Å²) in [5, 5.41) is 0. The van der Waals surface area contributed by atoms with Crippen LogP contribution in [0.3, 0.4) is 0 Å². The molecule has 2 aliphatic rings. The molecule has 1 spiro atoms. The van der Waals surface area contributed by atoms with Crippen molar-refractivity contribution in [1.29, 1.82) is 0 Å². The number of nitrogens with zero attached hydrogens (tertiary/aromatic N) is 1. The lowest BCUT2D eigenvalue weighted by Crippen LogP contribution is -2.32. The van der Waals surface area contributed by atoms with Gasteiger partial charge in [-0.15, -0.1) is 0 Å². The Morgan fingerprint density at radius 2 is 1.81 bits per heavy atom. The van der Waals surface area contributed by atoms with E-state index in [0.29, 0.717) is 6.10 Å². The van der Waals surface area contributed by atoms with E-state index in [0.717, 1.165) is 6.54 Å². The second-order valence-electron chi connectivity index (χ2n) is 5.40. The van der Waals surface area contributed by atoms with Crippen LogP contribution in [0.2, 0.25) is 0 Å². The summed E-state index contributed by atoms with van der Waals surface area (Å²) in [7, 11) is 0. The zero-order valence-electron chi connectivity index (χ0n) is 9.90. The fourth-order valence-corrected chi connectivity index (χ4v) is 3.31. The Morgan fingerprint density at radius 3 is 2.56 bits per heavy atom. The van der Waals surface area contributed by atoms with Crippen molar-refractivity contribution in [2.45, 2.75) is 63.2 Å². The van der Waals surface area contributed by atoms with Crippen LogP contribution in [0.1, 0.15) is 44.9 Å². The van der Waals surface area contributed by atoms with Crippen molar-refractivity contribution in [3.05, 3.63) is 24.5 Å². The summed E-state index contributed by atoms with van der Waals surface area (Å²) in [5.74, 6) is 0. The zero-order valence-corrected chi connectivity index (χ0v) is 9.90. The minimum atomic E-state index is 0.274. The lowest BCUT2D eigenvalue weighted by atomic mass is 9.83. The molecule has 0 bridgehead atoms. The van der Waals surface area contributed by atoms with Crippen molar-refractivity contribution in [3.63, 3.8) is 0 Å². The van der Waals surface area contributed by atoms with Crippen LogP contribution < -0.4 is 0 Å². The van der Waals surface area contributed by atoms with E-state index in [1.54, 1.807) is 0 Å². The van der Waals surface area contributed by atoms with Gasteiger partial charge in [-0.1, -0.05) is 19.3 Å². The van der Waals surface area contributed by atoms with Crippen LogP contribution in [0.4, 0.5) is 0 Å². The minimum Gasteiger partial charge on any atom is -0.370 e. The maximum Gasteiger partial charge on any atom is 0.0762 e. The van der Waals surface area contributed by atoms with Crippen molar-refractivity contribution < 1.29 is 4.74 Å². The third kappa shape index (κ3) is 2.03. The van der Waals surface area contributed by atoms with Gasteiger partial charge < -0.3 is 9.30 Å². The van der Waals surface area contributed by atoms with Crippen LogP contribution in [-0.4, -0.2) is 16.3 Å². The van der Waals surface area contributed by atoms with Gasteiger partial charge in [0.2, 0.25) is 0 Å². The van der Waals surface area contributed by atoms with Crippen molar-refractivity contribution in [2.24, 2.45) is 0 Å². The molecule has 2 fully saturated rings. The maximum atomic E-state index is 6.34. The molecule has 0 N–H and O–H groups in total. The predicted octanol–water partition coefficient (Wildman–Crippen LogP) is 3.37. The molecule has 88 valence electrons. The fourth-order valence-electron chi connectivity index (χ4n) is 3.31. The van der Waals surface area contributed by atoms with E-state index >= 15 is 0 Å². The molecule has 1 aromatic heterocycles. The molecule has 1 saturated carbocycles. The molecule has 2 heteroatoms. The quantitative estimate of drug-likeness (QED) is 0.744. The SMILES string of the molecule is c1ccn(CC2CCC3(CCCCC3)O2)c1. The van der Waals surface area contributed by atoms with Crippen molar-refractivity contribution in [2.75, 3.05) is 0 Å². The van der Waals surface area contributed by atoms with Crippen molar-refractivity contribution >= 4 is 0 Å². The molecule has 16 heavy (non-hydrogen) atoms. The summed E-state index contributed by atoms with van der Waals surface area (Å²) in [4.78, 5) is 0. The van der Waals surface area contributed by atoms with Gasteiger partial charge in [-0.25, -0.2) is 0 Å². The zero-order chi connectivity index (χ0) is 10.8. The van der Waals surface area contributed by atoms with Crippen LogP contribution in [0.15, 0.2) is 24.5 Å². The lowest BCUT2D eigenvalue weighted by Gasteiger charge is -2.33. The van der Waals surface area contributed by atoms with Crippen molar-refractivity contribution in [1.82, 2.24) is 4.57 Å². The van der Waals surface area contributed by atoms with Crippen LogP contribution in [0.5, 0.6) is 0 Å². The Morgan fingerprint density at radius 1 is 1.06 bits per heavy atom. The van der Waals surface area contributed by atoms with E-state index in [-0.39, 0.29) is 5.60 Å². The standard InChI is InChI=1S/C14H21NO/c1-2-7-14(8-3-1)9-6-13(16-14)12-15-10-4-5-11-15/h4-5,10-11,13H,1-3,6-9,12H2. The average molecular weight is 219 g/mol. The van der Waals surface area contributed by atoms with E-state index in [9.17, 15) is 0 Å². The molecule has 0 aromatic carbocycles. The smallest absolute Gasteiger partial charge is 0.0762 e. The summed E-state index contributed by atoms with van der Waals surface area (Å²) in [5.41, 5.74) is 0.274.